The molecule has 0 fully saturated rings. The van der Waals surface area contributed by atoms with Gasteiger partial charge in [-0.1, -0.05) is 77.1 Å². The Morgan fingerprint density at radius 3 is 2.19 bits per heavy atom. The third kappa shape index (κ3) is 5.96. The van der Waals surface area contributed by atoms with Crippen molar-refractivity contribution in [2.24, 2.45) is 5.92 Å². The molecular weight excluding hydrogens is 396 g/mol. The molecule has 0 N–H and O–H groups in total. The molecule has 4 heteroatoms. The lowest BCUT2D eigenvalue weighted by atomic mass is 10.1. The van der Waals surface area contributed by atoms with Gasteiger partial charge in [-0.15, -0.1) is 0 Å². The molecule has 0 aliphatic rings. The van der Waals surface area contributed by atoms with Crippen LogP contribution in [0.25, 0.3) is 16.9 Å². The first-order chi connectivity index (χ1) is 14.6. The van der Waals surface area contributed by atoms with Crippen LogP contribution in [-0.4, -0.2) is 24.5 Å². The van der Waals surface area contributed by atoms with Gasteiger partial charge in [-0.25, -0.2) is 4.98 Å². The van der Waals surface area contributed by atoms with E-state index in [0.29, 0.717) is 5.92 Å². The predicted octanol–water partition coefficient (Wildman–Crippen LogP) is 7.30. The number of hydrogen-bond donors (Lipinski definition) is 0. The van der Waals surface area contributed by atoms with Gasteiger partial charge >= 0.3 is 0 Å². The van der Waals surface area contributed by atoms with E-state index in [2.05, 4.69) is 107 Å². The maximum atomic E-state index is 6.35. The lowest BCUT2D eigenvalue weighted by molar-refractivity contribution is 0.292. The molecule has 3 aromatic rings. The van der Waals surface area contributed by atoms with Gasteiger partial charge in [0.2, 0.25) is 0 Å². The smallest absolute Gasteiger partial charge is 0.191 e. The molecule has 0 aliphatic carbocycles. The van der Waals surface area contributed by atoms with Gasteiger partial charge in [0.15, 0.2) is 8.32 Å². The lowest BCUT2D eigenvalue weighted by Gasteiger charge is -2.36. The molecule has 0 aliphatic heterocycles. The van der Waals surface area contributed by atoms with Crippen molar-refractivity contribution >= 4 is 8.32 Å². The summed E-state index contributed by atoms with van der Waals surface area (Å²) < 4.78 is 8.60. The van der Waals surface area contributed by atoms with Crippen LogP contribution in [0.5, 0.6) is 0 Å². The van der Waals surface area contributed by atoms with Crippen LogP contribution in [0, 0.1) is 5.92 Å². The second-order valence-corrected chi connectivity index (χ2v) is 15.2. The largest absolute Gasteiger partial charge is 0.416 e. The van der Waals surface area contributed by atoms with Crippen LogP contribution >= 0.6 is 0 Å². The monoisotopic (exact) mass is 434 g/mol. The molecule has 3 nitrogen and oxygen atoms in total. The fraction of sp³-hybridized carbons (Fsp3) is 0.444. The summed E-state index contributed by atoms with van der Waals surface area (Å²) in [6.45, 7) is 16.8. The minimum atomic E-state index is -1.69. The maximum Gasteiger partial charge on any atom is 0.191 e. The number of hydrogen-bond acceptors (Lipinski definition) is 2. The molecule has 0 unspecified atom stereocenters. The molecule has 0 radical (unpaired) electrons. The van der Waals surface area contributed by atoms with E-state index in [-0.39, 0.29) is 5.04 Å². The summed E-state index contributed by atoms with van der Waals surface area (Å²) in [5.41, 5.74) is 4.67. The maximum absolute atomic E-state index is 6.35. The SMILES string of the molecule is CC(C)Cc1nc(-c2ccccc2)cn1-c1ccc(CCO[Si](C)(C)C(C)(C)C)cc1. The predicted molar refractivity (Wildman–Crippen MR) is 134 cm³/mol. The Balaban J connectivity index is 1.76. The number of nitrogens with zero attached hydrogens (tertiary/aromatic N) is 2. The van der Waals surface area contributed by atoms with Crippen molar-refractivity contribution in [3.63, 3.8) is 0 Å². The van der Waals surface area contributed by atoms with Crippen molar-refractivity contribution in [3.05, 3.63) is 72.2 Å². The Hall–Kier alpha value is -2.17. The standard InChI is InChI=1S/C27H38N2OSi/c1-21(2)19-26-28-25(23-11-9-8-10-12-23)20-29(26)24-15-13-22(14-16-24)17-18-30-31(6,7)27(3,4)5/h8-16,20-21H,17-19H2,1-7H3. The lowest BCUT2D eigenvalue weighted by Crippen LogP contribution is -2.41. The third-order valence-corrected chi connectivity index (χ3v) is 10.9. The van der Waals surface area contributed by atoms with E-state index < -0.39 is 8.32 Å². The van der Waals surface area contributed by atoms with E-state index in [9.17, 15) is 0 Å². The van der Waals surface area contributed by atoms with Gasteiger partial charge in [0, 0.05) is 30.5 Å². The fourth-order valence-electron chi connectivity index (χ4n) is 3.36. The summed E-state index contributed by atoms with van der Waals surface area (Å²) >= 11 is 0. The first-order valence-electron chi connectivity index (χ1n) is 11.4. The van der Waals surface area contributed by atoms with Gasteiger partial charge in [0.05, 0.1) is 5.69 Å². The zero-order valence-electron chi connectivity index (χ0n) is 20.3. The quantitative estimate of drug-likeness (QED) is 0.348. The van der Waals surface area contributed by atoms with Gasteiger partial charge in [-0.2, -0.15) is 0 Å². The highest BCUT2D eigenvalue weighted by Gasteiger charge is 2.36. The van der Waals surface area contributed by atoms with Gasteiger partial charge < -0.3 is 8.99 Å². The molecule has 0 atom stereocenters. The number of rotatable bonds is 8. The molecule has 0 spiro atoms. The zero-order chi connectivity index (χ0) is 22.6. The normalized spacial score (nSPS) is 12.5. The molecule has 1 heterocycles. The molecule has 166 valence electrons. The zero-order valence-corrected chi connectivity index (χ0v) is 21.3. The molecule has 0 bridgehead atoms. The highest BCUT2D eigenvalue weighted by atomic mass is 28.4. The highest BCUT2D eigenvalue weighted by Crippen LogP contribution is 2.36. The van der Waals surface area contributed by atoms with E-state index in [1.54, 1.807) is 0 Å². The molecule has 31 heavy (non-hydrogen) atoms. The Labute approximate surface area is 189 Å². The van der Waals surface area contributed by atoms with Crippen molar-refractivity contribution in [2.45, 2.75) is 65.6 Å². The number of imidazole rings is 1. The molecule has 0 saturated carbocycles. The summed E-state index contributed by atoms with van der Waals surface area (Å²) in [6.07, 6.45) is 4.07. The summed E-state index contributed by atoms with van der Waals surface area (Å²) in [6, 6.07) is 19.3. The molecule has 0 saturated heterocycles. The summed E-state index contributed by atoms with van der Waals surface area (Å²) in [5.74, 6) is 1.67. The topological polar surface area (TPSA) is 27.1 Å². The Kier molecular flexibility index (Phi) is 7.23. The van der Waals surface area contributed by atoms with Gasteiger partial charge in [0.1, 0.15) is 5.82 Å². The summed E-state index contributed by atoms with van der Waals surface area (Å²) in [4.78, 5) is 4.97. The minimum absolute atomic E-state index is 0.252. The summed E-state index contributed by atoms with van der Waals surface area (Å²) in [5, 5.41) is 0.252. The molecule has 1 aromatic heterocycles. The highest BCUT2D eigenvalue weighted by molar-refractivity contribution is 6.74. The second kappa shape index (κ2) is 9.54. The summed E-state index contributed by atoms with van der Waals surface area (Å²) in [7, 11) is -1.69. The first kappa shape index (κ1) is 23.5. The van der Waals surface area contributed by atoms with E-state index in [1.165, 1.54) is 11.3 Å². The van der Waals surface area contributed by atoms with Gasteiger partial charge in [0.25, 0.3) is 0 Å². The molecule has 2 aromatic carbocycles. The van der Waals surface area contributed by atoms with Crippen LogP contribution in [-0.2, 0) is 17.3 Å². The number of benzene rings is 2. The second-order valence-electron chi connectivity index (χ2n) is 10.4. The van der Waals surface area contributed by atoms with Crippen LogP contribution in [0.2, 0.25) is 18.1 Å². The van der Waals surface area contributed by atoms with Crippen molar-refractivity contribution in [1.29, 1.82) is 0 Å². The van der Waals surface area contributed by atoms with Crippen LogP contribution in [0.15, 0.2) is 60.8 Å². The minimum Gasteiger partial charge on any atom is -0.416 e. The molecule has 0 amide bonds. The Bertz CT molecular complexity index is 967. The fourth-order valence-corrected chi connectivity index (χ4v) is 4.41. The van der Waals surface area contributed by atoms with E-state index in [0.717, 1.165) is 36.5 Å². The van der Waals surface area contributed by atoms with Gasteiger partial charge in [-0.05, 0) is 48.2 Å². The van der Waals surface area contributed by atoms with Crippen LogP contribution in [0.3, 0.4) is 0 Å². The Morgan fingerprint density at radius 2 is 1.61 bits per heavy atom. The van der Waals surface area contributed by atoms with Crippen molar-refractivity contribution in [1.82, 2.24) is 9.55 Å². The van der Waals surface area contributed by atoms with Crippen LogP contribution < -0.4 is 0 Å². The van der Waals surface area contributed by atoms with Crippen LogP contribution in [0.4, 0.5) is 0 Å². The van der Waals surface area contributed by atoms with E-state index >= 15 is 0 Å². The first-order valence-corrected chi connectivity index (χ1v) is 14.3. The van der Waals surface area contributed by atoms with Gasteiger partial charge in [-0.3, -0.25) is 0 Å². The third-order valence-electron chi connectivity index (χ3n) is 6.31. The van der Waals surface area contributed by atoms with Crippen molar-refractivity contribution in [3.8, 4) is 16.9 Å². The average Bonchev–Trinajstić information content (AvgIpc) is 3.11. The average molecular weight is 435 g/mol. The van der Waals surface area contributed by atoms with Crippen molar-refractivity contribution in [2.75, 3.05) is 6.61 Å². The van der Waals surface area contributed by atoms with E-state index in [4.69, 9.17) is 9.41 Å². The van der Waals surface area contributed by atoms with E-state index in [1.807, 2.05) is 6.07 Å². The molecular formula is C27H38N2OSi. The molecule has 3 rings (SSSR count). The van der Waals surface area contributed by atoms with Crippen molar-refractivity contribution < 1.29 is 4.43 Å². The number of aromatic nitrogens is 2. The van der Waals surface area contributed by atoms with Crippen LogP contribution in [0.1, 0.15) is 46.0 Å². The Morgan fingerprint density at radius 1 is 0.968 bits per heavy atom.